The molecule has 122 valence electrons. The van der Waals surface area contributed by atoms with Crippen LogP contribution < -0.4 is 10.1 Å². The van der Waals surface area contributed by atoms with Crippen LogP contribution in [0.4, 0.5) is 10.2 Å². The molecule has 6 heteroatoms. The van der Waals surface area contributed by atoms with E-state index < -0.39 is 5.82 Å². The van der Waals surface area contributed by atoms with Gasteiger partial charge in [-0.2, -0.15) is 5.10 Å². The lowest BCUT2D eigenvalue weighted by Crippen LogP contribution is -2.15. The molecule has 1 N–H and O–H groups in total. The van der Waals surface area contributed by atoms with Gasteiger partial charge in [-0.3, -0.25) is 4.79 Å². The number of aromatic nitrogens is 2. The van der Waals surface area contributed by atoms with Gasteiger partial charge in [-0.1, -0.05) is 24.3 Å². The van der Waals surface area contributed by atoms with Crippen LogP contribution in [0.15, 0.2) is 60.8 Å². The van der Waals surface area contributed by atoms with E-state index in [4.69, 9.17) is 4.74 Å². The average molecular weight is 325 g/mol. The van der Waals surface area contributed by atoms with E-state index in [0.717, 1.165) is 5.69 Å². The largest absolute Gasteiger partial charge is 0.494 e. The number of hydrogen-bond donors (Lipinski definition) is 1. The monoisotopic (exact) mass is 325 g/mol. The summed E-state index contributed by atoms with van der Waals surface area (Å²) < 4.78 is 20.2. The number of methoxy groups -OCH3 is 1. The maximum atomic E-state index is 13.6. The summed E-state index contributed by atoms with van der Waals surface area (Å²) in [4.78, 5) is 12.1. The van der Waals surface area contributed by atoms with Crippen LogP contribution in [-0.4, -0.2) is 22.8 Å². The average Bonchev–Trinajstić information content (AvgIpc) is 3.04. The summed E-state index contributed by atoms with van der Waals surface area (Å²) in [6, 6.07) is 15.7. The number of ether oxygens (including phenoxy) is 1. The van der Waals surface area contributed by atoms with Gasteiger partial charge in [0.1, 0.15) is 0 Å². The second-order valence-corrected chi connectivity index (χ2v) is 5.17. The van der Waals surface area contributed by atoms with Crippen LogP contribution in [0.3, 0.4) is 0 Å². The fourth-order valence-corrected chi connectivity index (χ4v) is 2.31. The smallest absolute Gasteiger partial charge is 0.229 e. The topological polar surface area (TPSA) is 56.1 Å². The molecule has 3 aromatic rings. The highest BCUT2D eigenvalue weighted by molar-refractivity contribution is 5.91. The molecule has 0 unspecified atom stereocenters. The second-order valence-electron chi connectivity index (χ2n) is 5.17. The van der Waals surface area contributed by atoms with E-state index in [2.05, 4.69) is 10.4 Å². The van der Waals surface area contributed by atoms with Gasteiger partial charge in [-0.25, -0.2) is 9.07 Å². The Morgan fingerprint density at radius 2 is 2.00 bits per heavy atom. The quantitative estimate of drug-likeness (QED) is 0.784. The molecule has 1 amide bonds. The molecule has 3 rings (SSSR count). The summed E-state index contributed by atoms with van der Waals surface area (Å²) in [5, 5.41) is 7.00. The van der Waals surface area contributed by atoms with Crippen molar-refractivity contribution in [2.24, 2.45) is 0 Å². The number of benzene rings is 2. The first kappa shape index (κ1) is 15.7. The van der Waals surface area contributed by atoms with Gasteiger partial charge in [0.05, 0.1) is 19.2 Å². The van der Waals surface area contributed by atoms with E-state index in [0.29, 0.717) is 11.4 Å². The molecule has 0 fully saturated rings. The Kier molecular flexibility index (Phi) is 4.56. The first-order valence-corrected chi connectivity index (χ1v) is 7.39. The van der Waals surface area contributed by atoms with Gasteiger partial charge >= 0.3 is 0 Å². The minimum atomic E-state index is -0.490. The molecule has 2 aromatic carbocycles. The molecule has 0 atom stereocenters. The van der Waals surface area contributed by atoms with Gasteiger partial charge in [-0.05, 0) is 29.8 Å². The third-order valence-corrected chi connectivity index (χ3v) is 3.46. The highest BCUT2D eigenvalue weighted by Gasteiger charge is 2.09. The molecular weight excluding hydrogens is 309 g/mol. The fourth-order valence-electron chi connectivity index (χ4n) is 2.31. The second kappa shape index (κ2) is 6.95. The molecule has 0 aliphatic heterocycles. The lowest BCUT2D eigenvalue weighted by atomic mass is 10.1. The fraction of sp³-hybridized carbons (Fsp3) is 0.111. The summed E-state index contributed by atoms with van der Waals surface area (Å²) >= 11 is 0. The van der Waals surface area contributed by atoms with Gasteiger partial charge in [0.25, 0.3) is 0 Å². The van der Waals surface area contributed by atoms with Crippen molar-refractivity contribution in [1.82, 2.24) is 9.78 Å². The van der Waals surface area contributed by atoms with Crippen LogP contribution in [0.25, 0.3) is 5.69 Å². The van der Waals surface area contributed by atoms with Gasteiger partial charge in [0.15, 0.2) is 17.4 Å². The minimum Gasteiger partial charge on any atom is -0.494 e. The van der Waals surface area contributed by atoms with Gasteiger partial charge in [0.2, 0.25) is 5.91 Å². The zero-order valence-electron chi connectivity index (χ0n) is 13.1. The summed E-state index contributed by atoms with van der Waals surface area (Å²) in [6.07, 6.45) is 1.82. The summed E-state index contributed by atoms with van der Waals surface area (Å²) in [7, 11) is 1.40. The van der Waals surface area contributed by atoms with E-state index in [1.165, 1.54) is 19.2 Å². The lowest BCUT2D eigenvalue weighted by molar-refractivity contribution is -0.115. The van der Waals surface area contributed by atoms with E-state index in [-0.39, 0.29) is 18.1 Å². The highest BCUT2D eigenvalue weighted by atomic mass is 19.1. The van der Waals surface area contributed by atoms with Crippen molar-refractivity contribution in [3.63, 3.8) is 0 Å². The molecule has 0 aliphatic carbocycles. The zero-order chi connectivity index (χ0) is 16.9. The maximum Gasteiger partial charge on any atom is 0.229 e. The Morgan fingerprint density at radius 3 is 2.71 bits per heavy atom. The van der Waals surface area contributed by atoms with E-state index in [9.17, 15) is 9.18 Å². The van der Waals surface area contributed by atoms with E-state index in [1.807, 2.05) is 30.3 Å². The van der Waals surface area contributed by atoms with Gasteiger partial charge < -0.3 is 10.1 Å². The molecule has 24 heavy (non-hydrogen) atoms. The SMILES string of the molecule is COc1ccc(CC(=O)Nc2ccn(-c3ccccc3)n2)cc1F. The normalized spacial score (nSPS) is 10.4. The van der Waals surface area contributed by atoms with Crippen molar-refractivity contribution in [3.05, 3.63) is 72.2 Å². The van der Waals surface area contributed by atoms with Crippen LogP contribution in [-0.2, 0) is 11.2 Å². The lowest BCUT2D eigenvalue weighted by Gasteiger charge is -2.05. The molecule has 0 aliphatic rings. The molecule has 1 heterocycles. The number of carbonyl (C=O) groups is 1. The Morgan fingerprint density at radius 1 is 1.21 bits per heavy atom. The standard InChI is InChI=1S/C18H16FN3O2/c1-24-16-8-7-13(11-15(16)19)12-18(23)20-17-9-10-22(21-17)14-5-3-2-4-6-14/h2-11H,12H2,1H3,(H,20,21,23). The Balaban J connectivity index is 1.65. The number of nitrogens with one attached hydrogen (secondary N) is 1. The molecule has 0 spiro atoms. The number of para-hydroxylation sites is 1. The number of halogens is 1. The van der Waals surface area contributed by atoms with E-state index in [1.54, 1.807) is 23.0 Å². The first-order valence-electron chi connectivity index (χ1n) is 7.39. The first-order chi connectivity index (χ1) is 11.7. The Bertz CT molecular complexity index is 846. The third-order valence-electron chi connectivity index (χ3n) is 3.46. The van der Waals surface area contributed by atoms with Crippen molar-refractivity contribution >= 4 is 11.7 Å². The molecule has 5 nitrogen and oxygen atoms in total. The molecule has 0 bridgehead atoms. The molecule has 1 aromatic heterocycles. The summed E-state index contributed by atoms with van der Waals surface area (Å²) in [5.41, 5.74) is 1.46. The number of amides is 1. The molecule has 0 saturated heterocycles. The maximum absolute atomic E-state index is 13.6. The van der Waals surface area contributed by atoms with Crippen LogP contribution in [0.1, 0.15) is 5.56 Å². The third kappa shape index (κ3) is 3.60. The predicted molar refractivity (Wildman–Crippen MR) is 88.8 cm³/mol. The van der Waals surface area contributed by atoms with Crippen LogP contribution in [0.2, 0.25) is 0 Å². The molecular formula is C18H16FN3O2. The van der Waals surface area contributed by atoms with Crippen molar-refractivity contribution in [2.75, 3.05) is 12.4 Å². The van der Waals surface area contributed by atoms with Crippen LogP contribution in [0, 0.1) is 5.82 Å². The van der Waals surface area contributed by atoms with Crippen molar-refractivity contribution in [1.29, 1.82) is 0 Å². The Hall–Kier alpha value is -3.15. The molecule has 0 radical (unpaired) electrons. The number of anilines is 1. The summed E-state index contributed by atoms with van der Waals surface area (Å²) in [6.45, 7) is 0. The number of hydrogen-bond acceptors (Lipinski definition) is 3. The highest BCUT2D eigenvalue weighted by Crippen LogP contribution is 2.18. The van der Waals surface area contributed by atoms with Gasteiger partial charge in [-0.15, -0.1) is 0 Å². The summed E-state index contributed by atoms with van der Waals surface area (Å²) in [5.74, 6) is -0.160. The Labute approximate surface area is 138 Å². The minimum absolute atomic E-state index is 0.0547. The van der Waals surface area contributed by atoms with Crippen molar-refractivity contribution in [3.8, 4) is 11.4 Å². The number of rotatable bonds is 5. The zero-order valence-corrected chi connectivity index (χ0v) is 13.1. The van der Waals surface area contributed by atoms with E-state index >= 15 is 0 Å². The van der Waals surface area contributed by atoms with Crippen LogP contribution >= 0.6 is 0 Å². The predicted octanol–water partition coefficient (Wildman–Crippen LogP) is 3.20. The molecule has 0 saturated carbocycles. The van der Waals surface area contributed by atoms with Crippen molar-refractivity contribution in [2.45, 2.75) is 6.42 Å². The van der Waals surface area contributed by atoms with Gasteiger partial charge in [0, 0.05) is 12.3 Å². The van der Waals surface area contributed by atoms with Crippen LogP contribution in [0.5, 0.6) is 5.75 Å². The number of nitrogens with zero attached hydrogens (tertiary/aromatic N) is 2. The van der Waals surface area contributed by atoms with Crippen molar-refractivity contribution < 1.29 is 13.9 Å². The number of carbonyl (C=O) groups excluding carboxylic acids is 1.